The number of carboxylic acids is 1. The molecule has 0 aliphatic carbocycles. The van der Waals surface area contributed by atoms with E-state index < -0.39 is 46.6 Å². The van der Waals surface area contributed by atoms with Crippen LogP contribution in [0.15, 0.2) is 146 Å². The van der Waals surface area contributed by atoms with Crippen molar-refractivity contribution >= 4 is 58.0 Å². The minimum absolute atomic E-state index is 0.122. The molecule has 17 nitrogen and oxygen atoms in total. The van der Waals surface area contributed by atoms with E-state index >= 15 is 0 Å². The highest BCUT2D eigenvalue weighted by Gasteiger charge is 2.33. The number of para-hydroxylation sites is 2. The van der Waals surface area contributed by atoms with Gasteiger partial charge in [0.05, 0.1) is 38.8 Å². The Bertz CT molecular complexity index is 3640. The highest BCUT2D eigenvalue weighted by molar-refractivity contribution is 6.04. The lowest BCUT2D eigenvalue weighted by molar-refractivity contribution is -0.138. The lowest BCUT2D eigenvalue weighted by Crippen LogP contribution is -2.49. The maximum atomic E-state index is 13.2. The summed E-state index contributed by atoms with van der Waals surface area (Å²) in [6.45, 7) is 18.2. The normalized spacial score (nSPS) is 14.4. The highest BCUT2D eigenvalue weighted by atomic mass is 19.4. The van der Waals surface area contributed by atoms with Crippen molar-refractivity contribution in [2.24, 2.45) is 0 Å². The van der Waals surface area contributed by atoms with Crippen molar-refractivity contribution in [1.82, 2.24) is 38.7 Å². The lowest BCUT2D eigenvalue weighted by atomic mass is 10.1. The van der Waals surface area contributed by atoms with Crippen molar-refractivity contribution < 1.29 is 60.1 Å². The average Bonchev–Trinajstić information content (AvgIpc) is 1.93. The summed E-state index contributed by atoms with van der Waals surface area (Å²) < 4.78 is 90.5. The van der Waals surface area contributed by atoms with Crippen LogP contribution in [0.5, 0.6) is 0 Å². The maximum absolute atomic E-state index is 13.2. The van der Waals surface area contributed by atoms with E-state index in [1.54, 1.807) is 14.4 Å². The van der Waals surface area contributed by atoms with Gasteiger partial charge in [-0.05, 0) is 138 Å². The summed E-state index contributed by atoms with van der Waals surface area (Å²) in [4.78, 5) is 65.3. The number of hydrogen-bond donors (Lipinski definition) is 3. The molecule has 85 heavy (non-hydrogen) atoms. The van der Waals surface area contributed by atoms with Crippen LogP contribution >= 0.6 is 0 Å². The van der Waals surface area contributed by atoms with Crippen LogP contribution in [0.3, 0.4) is 0 Å². The predicted octanol–water partition coefficient (Wildman–Crippen LogP) is 12.4. The minimum Gasteiger partial charge on any atom is -0.478 e. The fraction of sp³-hybridized carbons (Fsp3) is 0.323. The van der Waals surface area contributed by atoms with E-state index in [1.807, 2.05) is 125 Å². The number of carbonyl (C=O) groups is 4. The largest absolute Gasteiger partial charge is 0.478 e. The molecule has 448 valence electrons. The highest BCUT2D eigenvalue weighted by Crippen LogP contribution is 2.32. The van der Waals surface area contributed by atoms with E-state index in [-0.39, 0.29) is 29.3 Å². The molecule has 4 heterocycles. The number of aromatic nitrogens is 4. The quantitative estimate of drug-likeness (QED) is 0.116. The fourth-order valence-electron chi connectivity index (χ4n) is 9.42. The molecule has 10 rings (SSSR count). The van der Waals surface area contributed by atoms with Crippen molar-refractivity contribution in [3.63, 3.8) is 0 Å². The van der Waals surface area contributed by atoms with Crippen molar-refractivity contribution in [3.8, 4) is 11.4 Å². The molecule has 2 aliphatic heterocycles. The van der Waals surface area contributed by atoms with Crippen LogP contribution < -0.4 is 11.1 Å². The number of nitrogens with zero attached hydrogens (tertiary/aromatic N) is 8. The first-order chi connectivity index (χ1) is 40.1. The third kappa shape index (κ3) is 16.7. The number of ether oxygens (including phenoxy) is 2. The minimum atomic E-state index is -4.56. The summed E-state index contributed by atoms with van der Waals surface area (Å²) in [5.74, 6) is -1.39. The first kappa shape index (κ1) is 62.1. The molecule has 3 amide bonds. The number of rotatable bonds is 9. The zero-order valence-corrected chi connectivity index (χ0v) is 47.7. The van der Waals surface area contributed by atoms with Crippen molar-refractivity contribution in [1.29, 1.82) is 0 Å². The molecule has 2 aromatic heterocycles. The van der Waals surface area contributed by atoms with E-state index in [9.17, 15) is 45.5 Å². The number of nitrogen functional groups attached to an aromatic ring is 1. The van der Waals surface area contributed by atoms with Crippen LogP contribution in [0.2, 0.25) is 0 Å². The molecule has 0 saturated carbocycles. The van der Waals surface area contributed by atoms with Crippen LogP contribution in [0, 0.1) is 0 Å². The number of halogens is 6. The topological polar surface area (TPSA) is 194 Å². The molecule has 6 aromatic carbocycles. The van der Waals surface area contributed by atoms with Gasteiger partial charge in [0.1, 0.15) is 11.2 Å². The maximum Gasteiger partial charge on any atom is 0.416 e. The lowest BCUT2D eigenvalue weighted by Gasteiger charge is -2.35. The van der Waals surface area contributed by atoms with Gasteiger partial charge in [-0.3, -0.25) is 29.0 Å². The molecule has 23 heteroatoms. The molecule has 2 saturated heterocycles. The van der Waals surface area contributed by atoms with Gasteiger partial charge in [-0.15, -0.1) is 0 Å². The van der Waals surface area contributed by atoms with E-state index in [0.717, 1.165) is 83.5 Å². The Kier molecular flexibility index (Phi) is 18.9. The number of amides is 3. The van der Waals surface area contributed by atoms with Gasteiger partial charge in [0.15, 0.2) is 0 Å². The number of carbonyl (C=O) groups excluding carboxylic acids is 3. The zero-order chi connectivity index (χ0) is 61.4. The summed E-state index contributed by atoms with van der Waals surface area (Å²) in [6.07, 6.45) is -9.60. The van der Waals surface area contributed by atoms with Crippen LogP contribution in [-0.4, -0.2) is 131 Å². The van der Waals surface area contributed by atoms with Gasteiger partial charge in [0, 0.05) is 82.4 Å². The third-order valence-corrected chi connectivity index (χ3v) is 13.5. The Balaban J connectivity index is 0.000000189. The van der Waals surface area contributed by atoms with Gasteiger partial charge in [0.2, 0.25) is 11.9 Å². The Labute approximate surface area is 487 Å². The molecule has 4 N–H and O–H groups in total. The molecule has 8 aromatic rings. The molecular weight excluding hydrogens is 1110 g/mol. The van der Waals surface area contributed by atoms with E-state index in [1.165, 1.54) is 17.7 Å². The number of nitrogens with one attached hydrogen (secondary N) is 1. The SMILES string of the molecule is CC(C)(C)OC(=O)N1CCN(Cc2ccc3c(c2)nc(N)n3-c2ccccc2)CC1.CC(C)(C)OC(=O)N1CCN(Cc2ccc3c(c2)nc(NC(=O)c2cccc(C(F)(F)F)c2)n3-c2ccccc2)CC1.O=C(O)c1cccc(C(F)(F)F)c1. The second-order valence-electron chi connectivity index (χ2n) is 22.3. The molecule has 2 fully saturated rings. The summed E-state index contributed by atoms with van der Waals surface area (Å²) in [5, 5.41) is 11.1. The molecule has 0 radical (unpaired) electrons. The summed E-state index contributed by atoms with van der Waals surface area (Å²) in [6, 6.07) is 39.4. The van der Waals surface area contributed by atoms with E-state index in [4.69, 9.17) is 20.3 Å². The number of aromatic carboxylic acids is 1. The van der Waals surface area contributed by atoms with Crippen molar-refractivity contribution in [2.45, 2.75) is 78.2 Å². The van der Waals surface area contributed by atoms with E-state index in [0.29, 0.717) is 63.3 Å². The number of piperazine rings is 2. The zero-order valence-electron chi connectivity index (χ0n) is 47.7. The fourth-order valence-corrected chi connectivity index (χ4v) is 9.42. The Hall–Kier alpha value is -8.96. The first-order valence-corrected chi connectivity index (χ1v) is 27.3. The number of hydrogen-bond acceptors (Lipinski definition) is 11. The number of fused-ring (bicyclic) bond motifs is 2. The van der Waals surface area contributed by atoms with Crippen molar-refractivity contribution in [3.05, 3.63) is 179 Å². The monoisotopic (exact) mass is 1180 g/mol. The van der Waals surface area contributed by atoms with Crippen LogP contribution in [-0.2, 0) is 34.9 Å². The Morgan fingerprint density at radius 1 is 0.518 bits per heavy atom. The molecule has 0 unspecified atom stereocenters. The van der Waals surface area contributed by atoms with Gasteiger partial charge < -0.3 is 30.1 Å². The molecule has 0 spiro atoms. The summed E-state index contributed by atoms with van der Waals surface area (Å²) in [5.41, 5.74) is 10.0. The van der Waals surface area contributed by atoms with Gasteiger partial charge >= 0.3 is 30.5 Å². The smallest absolute Gasteiger partial charge is 0.416 e. The Morgan fingerprint density at radius 2 is 0.929 bits per heavy atom. The first-order valence-electron chi connectivity index (χ1n) is 27.3. The number of anilines is 2. The number of carboxylic acid groups (broad SMARTS) is 1. The summed E-state index contributed by atoms with van der Waals surface area (Å²) in [7, 11) is 0. The number of imidazole rings is 2. The number of benzene rings is 6. The van der Waals surface area contributed by atoms with Gasteiger partial charge in [0.25, 0.3) is 5.91 Å². The summed E-state index contributed by atoms with van der Waals surface area (Å²) >= 11 is 0. The predicted molar refractivity (Wildman–Crippen MR) is 311 cm³/mol. The molecule has 2 aliphatic rings. The van der Waals surface area contributed by atoms with E-state index in [2.05, 4.69) is 43.3 Å². The molecule has 0 atom stereocenters. The van der Waals surface area contributed by atoms with Gasteiger partial charge in [-0.25, -0.2) is 24.4 Å². The molecular formula is C62H66F6N10O7. The van der Waals surface area contributed by atoms with Gasteiger partial charge in [-0.2, -0.15) is 26.3 Å². The Morgan fingerprint density at radius 3 is 1.36 bits per heavy atom. The second-order valence-corrected chi connectivity index (χ2v) is 22.3. The van der Waals surface area contributed by atoms with Gasteiger partial charge in [-0.1, -0.05) is 60.7 Å². The second kappa shape index (κ2) is 25.9. The number of nitrogens with two attached hydrogens (primary N) is 1. The van der Waals surface area contributed by atoms with Crippen LogP contribution in [0.1, 0.15) is 84.5 Å². The van der Waals surface area contributed by atoms with Crippen LogP contribution in [0.4, 0.5) is 47.8 Å². The third-order valence-electron chi connectivity index (χ3n) is 13.5. The number of alkyl halides is 6. The molecule has 0 bridgehead atoms. The van der Waals surface area contributed by atoms with Crippen molar-refractivity contribution in [2.75, 3.05) is 63.4 Å². The van der Waals surface area contributed by atoms with Crippen LogP contribution in [0.25, 0.3) is 33.4 Å². The average molecular weight is 1180 g/mol. The standard InChI is InChI=1S/C31H32F3N5O3.C23H29N5O2.C8H5F3O2/c1-30(2,3)42-29(41)38-16-14-37(15-17-38)20-21-12-13-26-25(18-21)35-28(39(26)24-10-5-4-6-11-24)36-27(40)22-8-7-9-23(19-22)31(32,33)34;1-23(2,3)30-22(29)27-13-11-26(12-14-27)16-17-9-10-20-19(15-17)25-21(24)28(20)18-7-5-4-6-8-18;9-8(10,11)6-3-1-2-5(4-6)7(12)13/h4-13,18-19H,14-17,20H2,1-3H3,(H,35,36,40);4-10,15H,11-14,16H2,1-3H3,(H2,24,25);1-4H,(H,12,13).